The first-order valence-corrected chi connectivity index (χ1v) is 6.82. The van der Waals surface area contributed by atoms with E-state index in [1.807, 2.05) is 0 Å². The maximum absolute atomic E-state index is 11.1. The number of aliphatic hydroxyl groups is 2. The van der Waals surface area contributed by atoms with E-state index in [2.05, 4.69) is 5.16 Å². The van der Waals surface area contributed by atoms with Gasteiger partial charge in [-0.05, 0) is 24.6 Å². The van der Waals surface area contributed by atoms with E-state index in [1.54, 1.807) is 6.07 Å². The van der Waals surface area contributed by atoms with Crippen LogP contribution in [-0.2, 0) is 4.84 Å². The number of nitro groups is 1. The molecule has 1 heterocycles. The zero-order valence-corrected chi connectivity index (χ0v) is 12.9. The first-order valence-electron chi connectivity index (χ1n) is 6.82. The van der Waals surface area contributed by atoms with E-state index in [0.717, 1.165) is 0 Å². The van der Waals surface area contributed by atoms with E-state index < -0.39 is 29.3 Å². The van der Waals surface area contributed by atoms with Gasteiger partial charge in [-0.3, -0.25) is 10.1 Å². The van der Waals surface area contributed by atoms with Crippen molar-refractivity contribution in [3.63, 3.8) is 0 Å². The predicted octanol–water partition coefficient (Wildman–Crippen LogP) is 0.518. The van der Waals surface area contributed by atoms with Crippen molar-refractivity contribution in [2.45, 2.75) is 31.3 Å². The van der Waals surface area contributed by atoms with Gasteiger partial charge in [0.05, 0.1) is 14.2 Å². The lowest BCUT2D eigenvalue weighted by Crippen LogP contribution is -2.45. The average molecular weight is 326 g/mol. The van der Waals surface area contributed by atoms with Crippen LogP contribution in [0, 0.1) is 10.1 Å². The van der Waals surface area contributed by atoms with Crippen LogP contribution in [0.2, 0.25) is 0 Å². The Kier molecular flexibility index (Phi) is 5.02. The van der Waals surface area contributed by atoms with Gasteiger partial charge in [-0.25, -0.2) is 0 Å². The molecule has 2 N–H and O–H groups in total. The number of ether oxygens (including phenoxy) is 2. The van der Waals surface area contributed by atoms with Crippen molar-refractivity contribution in [1.82, 2.24) is 0 Å². The summed E-state index contributed by atoms with van der Waals surface area (Å²) in [7, 11) is 2.90. The molecule has 0 amide bonds. The molecule has 9 heteroatoms. The summed E-state index contributed by atoms with van der Waals surface area (Å²) in [6, 6.07) is 3.27. The van der Waals surface area contributed by atoms with Crippen molar-refractivity contribution in [2.24, 2.45) is 5.16 Å². The standard InChI is InChI=1S/C14H18N2O7/c1-7-11(16(19)20)14(23-15-7)13(18)12(17)8-4-5-9(21-2)10(6-8)22-3/h4-6,11-14,17-18H,1-3H3/t11-,12+,13-,14-/m0/s1. The quantitative estimate of drug-likeness (QED) is 0.577. The summed E-state index contributed by atoms with van der Waals surface area (Å²) < 4.78 is 10.2. The molecule has 4 atom stereocenters. The second kappa shape index (κ2) is 6.80. The van der Waals surface area contributed by atoms with E-state index in [1.165, 1.54) is 33.3 Å². The molecule has 0 saturated carbocycles. The lowest BCUT2D eigenvalue weighted by Gasteiger charge is -2.23. The van der Waals surface area contributed by atoms with Gasteiger partial charge in [0, 0.05) is 4.92 Å². The fourth-order valence-electron chi connectivity index (χ4n) is 2.43. The average Bonchev–Trinajstić information content (AvgIpc) is 2.94. The maximum Gasteiger partial charge on any atom is 0.295 e. The van der Waals surface area contributed by atoms with Crippen molar-refractivity contribution in [3.05, 3.63) is 33.9 Å². The Bertz CT molecular complexity index is 619. The third kappa shape index (κ3) is 3.20. The number of rotatable bonds is 6. The summed E-state index contributed by atoms with van der Waals surface area (Å²) in [6.45, 7) is 1.43. The van der Waals surface area contributed by atoms with Crippen LogP contribution in [0.5, 0.6) is 11.5 Å². The van der Waals surface area contributed by atoms with Crippen molar-refractivity contribution in [2.75, 3.05) is 14.2 Å². The normalized spacial score (nSPS) is 22.7. The number of methoxy groups -OCH3 is 2. The molecule has 0 fully saturated rings. The van der Waals surface area contributed by atoms with Crippen LogP contribution in [0.3, 0.4) is 0 Å². The van der Waals surface area contributed by atoms with Gasteiger partial charge in [-0.2, -0.15) is 0 Å². The van der Waals surface area contributed by atoms with Crippen molar-refractivity contribution in [3.8, 4) is 11.5 Å². The molecule has 0 aliphatic carbocycles. The van der Waals surface area contributed by atoms with E-state index >= 15 is 0 Å². The minimum atomic E-state index is -1.54. The summed E-state index contributed by atoms with van der Waals surface area (Å²) in [5, 5.41) is 35.2. The molecule has 0 aromatic heterocycles. The monoisotopic (exact) mass is 326 g/mol. The maximum atomic E-state index is 11.1. The highest BCUT2D eigenvalue weighted by molar-refractivity contribution is 5.87. The second-order valence-corrected chi connectivity index (χ2v) is 5.08. The third-order valence-corrected chi connectivity index (χ3v) is 3.69. The Hall–Kier alpha value is -2.39. The Balaban J connectivity index is 2.23. The lowest BCUT2D eigenvalue weighted by atomic mass is 9.95. The van der Waals surface area contributed by atoms with Crippen molar-refractivity contribution < 1.29 is 29.4 Å². The molecule has 1 aliphatic heterocycles. The molecule has 1 aliphatic rings. The fraction of sp³-hybridized carbons (Fsp3) is 0.500. The molecular weight excluding hydrogens is 308 g/mol. The third-order valence-electron chi connectivity index (χ3n) is 3.69. The molecule has 2 rings (SSSR count). The number of hydrogen-bond donors (Lipinski definition) is 2. The molecule has 0 radical (unpaired) electrons. The van der Waals surface area contributed by atoms with E-state index in [4.69, 9.17) is 14.3 Å². The Morgan fingerprint density at radius 2 is 1.96 bits per heavy atom. The topological polar surface area (TPSA) is 124 Å². The first kappa shape index (κ1) is 17.0. The number of oxime groups is 1. The smallest absolute Gasteiger partial charge is 0.295 e. The van der Waals surface area contributed by atoms with E-state index in [-0.39, 0.29) is 5.71 Å². The highest BCUT2D eigenvalue weighted by atomic mass is 16.7. The van der Waals surface area contributed by atoms with E-state index in [9.17, 15) is 20.3 Å². The molecule has 1 aromatic rings. The molecule has 23 heavy (non-hydrogen) atoms. The molecule has 0 bridgehead atoms. The van der Waals surface area contributed by atoms with Crippen molar-refractivity contribution >= 4 is 5.71 Å². The molecular formula is C14H18N2O7. The molecule has 1 aromatic carbocycles. The van der Waals surface area contributed by atoms with Crippen LogP contribution in [0.1, 0.15) is 18.6 Å². The van der Waals surface area contributed by atoms with Crippen molar-refractivity contribution in [1.29, 1.82) is 0 Å². The van der Waals surface area contributed by atoms with Crippen LogP contribution in [0.4, 0.5) is 0 Å². The largest absolute Gasteiger partial charge is 0.493 e. The molecule has 0 unspecified atom stereocenters. The van der Waals surface area contributed by atoms with Crippen LogP contribution >= 0.6 is 0 Å². The van der Waals surface area contributed by atoms with Gasteiger partial charge in [0.25, 0.3) is 6.04 Å². The number of benzene rings is 1. The van der Waals surface area contributed by atoms with Gasteiger partial charge in [0.1, 0.15) is 17.9 Å². The summed E-state index contributed by atoms with van der Waals surface area (Å²) in [5.41, 5.74) is 0.448. The van der Waals surface area contributed by atoms with Gasteiger partial charge < -0.3 is 24.5 Å². The summed E-state index contributed by atoms with van der Waals surface area (Å²) >= 11 is 0. The van der Waals surface area contributed by atoms with Gasteiger partial charge in [-0.1, -0.05) is 11.2 Å². The van der Waals surface area contributed by atoms with Crippen LogP contribution in [-0.4, -0.2) is 53.3 Å². The molecule has 0 saturated heterocycles. The summed E-state index contributed by atoms with van der Waals surface area (Å²) in [5.74, 6) is 0.819. The molecule has 126 valence electrons. The van der Waals surface area contributed by atoms with E-state index in [0.29, 0.717) is 17.1 Å². The SMILES string of the molecule is COc1ccc([C@@H](O)[C@H](O)[C@H]2ON=C(C)[C@@H]2[N+](=O)[O-])cc1OC. The second-order valence-electron chi connectivity index (χ2n) is 5.08. The first-order chi connectivity index (χ1) is 10.9. The Morgan fingerprint density at radius 1 is 1.30 bits per heavy atom. The molecule has 9 nitrogen and oxygen atoms in total. The Morgan fingerprint density at radius 3 is 2.52 bits per heavy atom. The predicted molar refractivity (Wildman–Crippen MR) is 79.3 cm³/mol. The fourth-order valence-corrected chi connectivity index (χ4v) is 2.43. The lowest BCUT2D eigenvalue weighted by molar-refractivity contribution is -0.514. The van der Waals surface area contributed by atoms with Crippen LogP contribution in [0.15, 0.2) is 23.4 Å². The van der Waals surface area contributed by atoms with Gasteiger partial charge in [-0.15, -0.1) is 0 Å². The zero-order valence-electron chi connectivity index (χ0n) is 12.9. The Labute approximate surface area is 132 Å². The zero-order chi connectivity index (χ0) is 17.1. The minimum absolute atomic E-state index is 0.138. The van der Waals surface area contributed by atoms with Gasteiger partial charge >= 0.3 is 0 Å². The van der Waals surface area contributed by atoms with Crippen LogP contribution in [0.25, 0.3) is 0 Å². The number of nitrogens with zero attached hydrogens (tertiary/aromatic N) is 2. The number of aliphatic hydroxyl groups excluding tert-OH is 2. The summed E-state index contributed by atoms with van der Waals surface area (Å²) in [6.07, 6.45) is -4.22. The highest BCUT2D eigenvalue weighted by Crippen LogP contribution is 2.33. The highest BCUT2D eigenvalue weighted by Gasteiger charge is 2.48. The minimum Gasteiger partial charge on any atom is -0.493 e. The molecule has 0 spiro atoms. The summed E-state index contributed by atoms with van der Waals surface area (Å²) in [4.78, 5) is 15.4. The van der Waals surface area contributed by atoms with Gasteiger partial charge in [0.2, 0.25) is 6.10 Å². The van der Waals surface area contributed by atoms with Crippen LogP contribution < -0.4 is 9.47 Å². The number of hydrogen-bond acceptors (Lipinski definition) is 8. The van der Waals surface area contributed by atoms with Gasteiger partial charge in [0.15, 0.2) is 11.5 Å².